The van der Waals surface area contributed by atoms with Gasteiger partial charge in [-0.25, -0.2) is 19.3 Å². The van der Waals surface area contributed by atoms with Crippen molar-refractivity contribution in [1.29, 1.82) is 0 Å². The largest absolute Gasteiger partial charge is 0.387 e. The molecule has 2 aliphatic heterocycles. The van der Waals surface area contributed by atoms with Gasteiger partial charge >= 0.3 is 0 Å². The van der Waals surface area contributed by atoms with E-state index in [4.69, 9.17) is 10.2 Å². The third kappa shape index (κ3) is 4.01. The van der Waals surface area contributed by atoms with Crippen LogP contribution in [0.3, 0.4) is 0 Å². The molecular formula is C27H28FN7O2. The van der Waals surface area contributed by atoms with Crippen LogP contribution in [0.2, 0.25) is 0 Å². The average Bonchev–Trinajstić information content (AvgIpc) is 3.42. The van der Waals surface area contributed by atoms with Crippen molar-refractivity contribution in [2.45, 2.75) is 52.1 Å². The summed E-state index contributed by atoms with van der Waals surface area (Å²) in [6.07, 6.45) is 2.78. The summed E-state index contributed by atoms with van der Waals surface area (Å²) in [6.45, 7) is 7.72. The van der Waals surface area contributed by atoms with Crippen molar-refractivity contribution in [3.63, 3.8) is 0 Å². The molecule has 9 nitrogen and oxygen atoms in total. The number of aliphatic hydroxyl groups is 1. The average molecular weight is 502 g/mol. The minimum atomic E-state index is -0.501. The molecule has 0 saturated heterocycles. The molecule has 0 aliphatic carbocycles. The van der Waals surface area contributed by atoms with Crippen LogP contribution < -0.4 is 5.32 Å². The fourth-order valence-corrected chi connectivity index (χ4v) is 5.46. The van der Waals surface area contributed by atoms with Gasteiger partial charge < -0.3 is 15.3 Å². The SMILES string of the molecule is Cc1cc(-c2nc(Nc3ccc4c(n3)CCN(C(=O)CO)C4)ncc2F)cc2c3n(nc12)CCC3(C)C. The predicted octanol–water partition coefficient (Wildman–Crippen LogP) is 3.64. The Bertz CT molecular complexity index is 1560. The Morgan fingerprint density at radius 1 is 1.22 bits per heavy atom. The van der Waals surface area contributed by atoms with Gasteiger partial charge in [-0.2, -0.15) is 5.10 Å². The molecule has 0 saturated carbocycles. The van der Waals surface area contributed by atoms with Gasteiger partial charge in [0.15, 0.2) is 5.82 Å². The Labute approximate surface area is 213 Å². The highest BCUT2D eigenvalue weighted by Gasteiger charge is 2.34. The maximum atomic E-state index is 15.0. The number of nitrogens with one attached hydrogen (secondary N) is 1. The monoisotopic (exact) mass is 501 g/mol. The van der Waals surface area contributed by atoms with Crippen LogP contribution in [0.4, 0.5) is 16.2 Å². The highest BCUT2D eigenvalue weighted by atomic mass is 19.1. The molecule has 2 aliphatic rings. The summed E-state index contributed by atoms with van der Waals surface area (Å²) < 4.78 is 17.1. The van der Waals surface area contributed by atoms with Gasteiger partial charge in [0.25, 0.3) is 0 Å². The van der Waals surface area contributed by atoms with Crippen LogP contribution in [-0.2, 0) is 29.7 Å². The molecule has 0 atom stereocenters. The molecule has 1 amide bonds. The van der Waals surface area contributed by atoms with Crippen molar-refractivity contribution in [1.82, 2.24) is 29.6 Å². The van der Waals surface area contributed by atoms with Crippen molar-refractivity contribution in [3.8, 4) is 11.3 Å². The van der Waals surface area contributed by atoms with Gasteiger partial charge in [0.05, 0.1) is 17.4 Å². The van der Waals surface area contributed by atoms with E-state index in [-0.39, 0.29) is 23.0 Å². The molecule has 5 heterocycles. The van der Waals surface area contributed by atoms with Gasteiger partial charge in [0, 0.05) is 48.1 Å². The summed E-state index contributed by atoms with van der Waals surface area (Å²) >= 11 is 0. The number of hydrogen-bond donors (Lipinski definition) is 2. The van der Waals surface area contributed by atoms with E-state index in [0.717, 1.165) is 40.7 Å². The lowest BCUT2D eigenvalue weighted by atomic mass is 9.86. The smallest absolute Gasteiger partial charge is 0.248 e. The number of benzene rings is 1. The summed E-state index contributed by atoms with van der Waals surface area (Å²) in [5.41, 5.74) is 5.79. The zero-order valence-electron chi connectivity index (χ0n) is 21.0. The quantitative estimate of drug-likeness (QED) is 0.439. The molecule has 0 bridgehead atoms. The Hall–Kier alpha value is -3.92. The van der Waals surface area contributed by atoms with Crippen LogP contribution in [0.25, 0.3) is 22.2 Å². The molecule has 10 heteroatoms. The lowest BCUT2D eigenvalue weighted by Crippen LogP contribution is -2.37. The fourth-order valence-electron chi connectivity index (χ4n) is 5.46. The molecule has 37 heavy (non-hydrogen) atoms. The van der Waals surface area contributed by atoms with E-state index >= 15 is 0 Å². The predicted molar refractivity (Wildman–Crippen MR) is 137 cm³/mol. The van der Waals surface area contributed by atoms with Crippen molar-refractivity contribution in [2.75, 3.05) is 18.5 Å². The Morgan fingerprint density at radius 3 is 2.86 bits per heavy atom. The fraction of sp³-hybridized carbons (Fsp3) is 0.370. The molecule has 190 valence electrons. The number of carbonyl (C=O) groups is 1. The van der Waals surface area contributed by atoms with Crippen molar-refractivity contribution < 1.29 is 14.3 Å². The van der Waals surface area contributed by atoms with E-state index < -0.39 is 12.4 Å². The van der Waals surface area contributed by atoms with Crippen molar-refractivity contribution in [3.05, 3.63) is 58.8 Å². The zero-order chi connectivity index (χ0) is 25.9. The van der Waals surface area contributed by atoms with Crippen LogP contribution in [-0.4, -0.2) is 53.8 Å². The molecule has 0 fully saturated rings. The first-order chi connectivity index (χ1) is 17.7. The highest BCUT2D eigenvalue weighted by Crippen LogP contribution is 2.41. The summed E-state index contributed by atoms with van der Waals surface area (Å²) in [6, 6.07) is 7.59. The molecule has 0 spiro atoms. The van der Waals surface area contributed by atoms with Gasteiger partial charge in [0.2, 0.25) is 11.9 Å². The number of anilines is 2. The van der Waals surface area contributed by atoms with E-state index in [1.54, 1.807) is 11.0 Å². The normalized spacial score (nSPS) is 16.1. The first-order valence-electron chi connectivity index (χ1n) is 12.4. The third-order valence-electron chi connectivity index (χ3n) is 7.42. The van der Waals surface area contributed by atoms with E-state index in [0.29, 0.717) is 30.9 Å². The number of aromatic nitrogens is 5. The molecular weight excluding hydrogens is 473 g/mol. The zero-order valence-corrected chi connectivity index (χ0v) is 21.0. The maximum absolute atomic E-state index is 15.0. The van der Waals surface area contributed by atoms with Crippen LogP contribution in [0.5, 0.6) is 0 Å². The van der Waals surface area contributed by atoms with E-state index in [1.807, 2.05) is 25.1 Å². The summed E-state index contributed by atoms with van der Waals surface area (Å²) in [4.78, 5) is 26.7. The molecule has 1 aromatic carbocycles. The first-order valence-corrected chi connectivity index (χ1v) is 12.4. The minimum Gasteiger partial charge on any atom is -0.387 e. The summed E-state index contributed by atoms with van der Waals surface area (Å²) in [5, 5.41) is 18.1. The van der Waals surface area contributed by atoms with Crippen molar-refractivity contribution in [2.24, 2.45) is 0 Å². The van der Waals surface area contributed by atoms with Crippen LogP contribution in [0.15, 0.2) is 30.5 Å². The number of nitrogens with zero attached hydrogens (tertiary/aromatic N) is 6. The number of halogens is 1. The second-order valence-electron chi connectivity index (χ2n) is 10.4. The maximum Gasteiger partial charge on any atom is 0.248 e. The number of aryl methyl sites for hydroxylation is 2. The molecule has 4 aromatic rings. The lowest BCUT2D eigenvalue weighted by Gasteiger charge is -2.28. The lowest BCUT2D eigenvalue weighted by molar-refractivity contribution is -0.135. The number of amides is 1. The third-order valence-corrected chi connectivity index (χ3v) is 7.42. The topological polar surface area (TPSA) is 109 Å². The number of carbonyl (C=O) groups excluding carboxylic acids is 1. The Balaban J connectivity index is 1.32. The van der Waals surface area contributed by atoms with Crippen LogP contribution in [0, 0.1) is 12.7 Å². The van der Waals surface area contributed by atoms with E-state index in [2.05, 4.69) is 38.8 Å². The van der Waals surface area contributed by atoms with Gasteiger partial charge in [-0.05, 0) is 42.7 Å². The van der Waals surface area contributed by atoms with E-state index in [1.165, 1.54) is 11.9 Å². The van der Waals surface area contributed by atoms with E-state index in [9.17, 15) is 9.18 Å². The molecule has 2 N–H and O–H groups in total. The number of aliphatic hydroxyl groups excluding tert-OH is 1. The number of pyridine rings is 1. The van der Waals surface area contributed by atoms with Gasteiger partial charge in [-0.15, -0.1) is 0 Å². The minimum absolute atomic E-state index is 0.00270. The molecule has 6 rings (SSSR count). The van der Waals surface area contributed by atoms with Crippen LogP contribution in [0.1, 0.15) is 42.8 Å². The summed E-state index contributed by atoms with van der Waals surface area (Å²) in [7, 11) is 0. The first kappa shape index (κ1) is 23.5. The second-order valence-corrected chi connectivity index (χ2v) is 10.4. The number of hydrogen-bond acceptors (Lipinski definition) is 7. The second kappa shape index (κ2) is 8.58. The Morgan fingerprint density at radius 2 is 2.05 bits per heavy atom. The summed E-state index contributed by atoms with van der Waals surface area (Å²) in [5.74, 6) is -0.00582. The van der Waals surface area contributed by atoms with Gasteiger partial charge in [0.1, 0.15) is 18.1 Å². The van der Waals surface area contributed by atoms with Crippen LogP contribution >= 0.6 is 0 Å². The molecule has 0 unspecified atom stereocenters. The number of rotatable bonds is 4. The van der Waals surface area contributed by atoms with Gasteiger partial charge in [-0.3, -0.25) is 9.48 Å². The standard InChI is InChI=1S/C27H28FN7O2/c1-15-10-17(11-18-23(15)33-35-9-7-27(2,3)25(18)35)24-19(28)12-29-26(32-24)31-21-5-4-16-13-34(22(37)14-36)8-6-20(16)30-21/h4-5,10-12,36H,6-9,13-14H2,1-3H3,(H,29,30,31,32). The Kier molecular flexibility index (Phi) is 5.45. The highest BCUT2D eigenvalue weighted by molar-refractivity contribution is 5.90. The van der Waals surface area contributed by atoms with Gasteiger partial charge in [-0.1, -0.05) is 19.9 Å². The number of fused-ring (bicyclic) bond motifs is 4. The molecule has 0 radical (unpaired) electrons. The van der Waals surface area contributed by atoms with Crippen molar-refractivity contribution >= 4 is 28.6 Å². The molecule has 3 aromatic heterocycles.